The van der Waals surface area contributed by atoms with E-state index in [-0.39, 0.29) is 11.9 Å². The fourth-order valence-electron chi connectivity index (χ4n) is 2.74. The van der Waals surface area contributed by atoms with Crippen LogP contribution in [0, 0.1) is 0 Å². The fraction of sp³-hybridized carbons (Fsp3) is 0.263. The maximum absolute atomic E-state index is 11.7. The maximum Gasteiger partial charge on any atom is 0.240 e. The van der Waals surface area contributed by atoms with Crippen LogP contribution in [0.15, 0.2) is 59.7 Å². The van der Waals surface area contributed by atoms with Gasteiger partial charge in [-0.15, -0.1) is 0 Å². The Morgan fingerprint density at radius 3 is 2.52 bits per heavy atom. The second kappa shape index (κ2) is 6.65. The highest BCUT2D eigenvalue weighted by molar-refractivity contribution is 5.87. The van der Waals surface area contributed by atoms with Crippen LogP contribution in [-0.2, 0) is 11.4 Å². The van der Waals surface area contributed by atoms with Crippen LogP contribution in [-0.4, -0.2) is 16.6 Å². The predicted molar refractivity (Wildman–Crippen MR) is 90.2 cm³/mol. The molecular formula is C19H20N2O2. The number of nitrogens with zero attached hydrogens (tertiary/aromatic N) is 2. The SMILES string of the molecule is CC(=O)N1N=C(C)C[C@H]1c1ccc(OCc2ccccc2)cc1. The largest absolute Gasteiger partial charge is 0.489 e. The summed E-state index contributed by atoms with van der Waals surface area (Å²) in [5, 5.41) is 5.88. The molecule has 0 bridgehead atoms. The van der Waals surface area contributed by atoms with Gasteiger partial charge in [0.1, 0.15) is 12.4 Å². The molecule has 4 nitrogen and oxygen atoms in total. The van der Waals surface area contributed by atoms with Crippen LogP contribution in [0.2, 0.25) is 0 Å². The predicted octanol–water partition coefficient (Wildman–Crippen LogP) is 3.93. The van der Waals surface area contributed by atoms with Gasteiger partial charge in [0.2, 0.25) is 5.91 Å². The molecule has 4 heteroatoms. The third kappa shape index (κ3) is 3.59. The Morgan fingerprint density at radius 1 is 1.17 bits per heavy atom. The van der Waals surface area contributed by atoms with Crippen molar-refractivity contribution in [2.45, 2.75) is 32.9 Å². The summed E-state index contributed by atoms with van der Waals surface area (Å²) in [4.78, 5) is 11.7. The van der Waals surface area contributed by atoms with Crippen LogP contribution in [0.4, 0.5) is 0 Å². The normalized spacial score (nSPS) is 17.0. The maximum atomic E-state index is 11.7. The molecule has 1 heterocycles. The topological polar surface area (TPSA) is 41.9 Å². The summed E-state index contributed by atoms with van der Waals surface area (Å²) < 4.78 is 5.80. The average Bonchev–Trinajstić information content (AvgIpc) is 2.97. The lowest BCUT2D eigenvalue weighted by Gasteiger charge is -2.20. The minimum absolute atomic E-state index is 0.00401. The van der Waals surface area contributed by atoms with Crippen LogP contribution >= 0.6 is 0 Å². The third-order valence-corrected chi connectivity index (χ3v) is 3.90. The number of hydrazone groups is 1. The number of hydrogen-bond donors (Lipinski definition) is 0. The number of ether oxygens (including phenoxy) is 1. The van der Waals surface area contributed by atoms with Crippen molar-refractivity contribution >= 4 is 11.6 Å². The molecular weight excluding hydrogens is 288 g/mol. The van der Waals surface area contributed by atoms with Crippen molar-refractivity contribution < 1.29 is 9.53 Å². The molecule has 1 aliphatic rings. The Balaban J connectivity index is 1.66. The zero-order valence-corrected chi connectivity index (χ0v) is 13.4. The standard InChI is InChI=1S/C19H20N2O2/c1-14-12-19(21(20-14)15(2)22)17-8-10-18(11-9-17)23-13-16-6-4-3-5-7-16/h3-11,19H,12-13H2,1-2H3/t19-/m0/s1. The minimum Gasteiger partial charge on any atom is -0.489 e. The van der Waals surface area contributed by atoms with E-state index in [2.05, 4.69) is 5.10 Å². The van der Waals surface area contributed by atoms with Gasteiger partial charge in [-0.3, -0.25) is 4.79 Å². The summed E-state index contributed by atoms with van der Waals surface area (Å²) in [5.41, 5.74) is 3.20. The third-order valence-electron chi connectivity index (χ3n) is 3.90. The van der Waals surface area contributed by atoms with E-state index in [0.717, 1.165) is 29.0 Å². The number of rotatable bonds is 4. The molecule has 0 N–H and O–H groups in total. The molecule has 2 aromatic carbocycles. The first kappa shape index (κ1) is 15.3. The molecule has 0 radical (unpaired) electrons. The molecule has 1 aliphatic heterocycles. The van der Waals surface area contributed by atoms with Crippen molar-refractivity contribution in [2.75, 3.05) is 0 Å². The van der Waals surface area contributed by atoms with Crippen LogP contribution in [0.5, 0.6) is 5.75 Å². The Hall–Kier alpha value is -2.62. The minimum atomic E-state index is -0.0312. The lowest BCUT2D eigenvalue weighted by Crippen LogP contribution is -2.24. The molecule has 0 fully saturated rings. The zero-order valence-electron chi connectivity index (χ0n) is 13.4. The van der Waals surface area contributed by atoms with Gasteiger partial charge in [-0.05, 0) is 30.2 Å². The Kier molecular flexibility index (Phi) is 4.42. The van der Waals surface area contributed by atoms with Crippen molar-refractivity contribution in [2.24, 2.45) is 5.10 Å². The molecule has 23 heavy (non-hydrogen) atoms. The van der Waals surface area contributed by atoms with Crippen LogP contribution in [0.3, 0.4) is 0 Å². The summed E-state index contributed by atoms with van der Waals surface area (Å²) in [5.74, 6) is 0.791. The number of amides is 1. The van der Waals surface area contributed by atoms with Gasteiger partial charge in [0.25, 0.3) is 0 Å². The zero-order chi connectivity index (χ0) is 16.2. The highest BCUT2D eigenvalue weighted by atomic mass is 16.5. The van der Waals surface area contributed by atoms with E-state index in [0.29, 0.717) is 6.61 Å². The van der Waals surface area contributed by atoms with Crippen LogP contribution in [0.25, 0.3) is 0 Å². The Bertz CT molecular complexity index is 708. The molecule has 1 atom stereocenters. The van der Waals surface area contributed by atoms with Crippen molar-refractivity contribution in [1.29, 1.82) is 0 Å². The molecule has 3 rings (SSSR count). The monoisotopic (exact) mass is 308 g/mol. The smallest absolute Gasteiger partial charge is 0.240 e. The molecule has 0 spiro atoms. The average molecular weight is 308 g/mol. The van der Waals surface area contributed by atoms with E-state index in [1.54, 1.807) is 11.9 Å². The molecule has 118 valence electrons. The fourth-order valence-corrected chi connectivity index (χ4v) is 2.74. The van der Waals surface area contributed by atoms with Gasteiger partial charge < -0.3 is 4.74 Å². The Labute approximate surface area is 136 Å². The van der Waals surface area contributed by atoms with Crippen molar-refractivity contribution in [3.8, 4) is 5.75 Å². The number of hydrogen-bond acceptors (Lipinski definition) is 3. The van der Waals surface area contributed by atoms with Crippen LogP contribution < -0.4 is 4.74 Å². The molecule has 0 saturated heterocycles. The molecule has 1 amide bonds. The van der Waals surface area contributed by atoms with E-state index < -0.39 is 0 Å². The summed E-state index contributed by atoms with van der Waals surface area (Å²) in [6, 6.07) is 18.0. The van der Waals surface area contributed by atoms with Gasteiger partial charge >= 0.3 is 0 Å². The quantitative estimate of drug-likeness (QED) is 0.858. The lowest BCUT2D eigenvalue weighted by molar-refractivity contribution is -0.130. The van der Waals surface area contributed by atoms with Gasteiger partial charge in [0.05, 0.1) is 6.04 Å². The number of benzene rings is 2. The van der Waals surface area contributed by atoms with Gasteiger partial charge in [0.15, 0.2) is 0 Å². The highest BCUT2D eigenvalue weighted by Gasteiger charge is 2.28. The van der Waals surface area contributed by atoms with Gasteiger partial charge in [-0.25, -0.2) is 5.01 Å². The first-order valence-corrected chi connectivity index (χ1v) is 7.74. The van der Waals surface area contributed by atoms with E-state index >= 15 is 0 Å². The van der Waals surface area contributed by atoms with E-state index in [1.807, 2.05) is 61.5 Å². The lowest BCUT2D eigenvalue weighted by atomic mass is 10.0. The number of carbonyl (C=O) groups excluding carboxylic acids is 1. The molecule has 0 aromatic heterocycles. The van der Waals surface area contributed by atoms with Crippen molar-refractivity contribution in [1.82, 2.24) is 5.01 Å². The summed E-state index contributed by atoms with van der Waals surface area (Å²) in [6.45, 7) is 4.05. The first-order valence-electron chi connectivity index (χ1n) is 7.74. The van der Waals surface area contributed by atoms with E-state index in [4.69, 9.17) is 4.74 Å². The highest BCUT2D eigenvalue weighted by Crippen LogP contribution is 2.31. The van der Waals surface area contributed by atoms with Crippen molar-refractivity contribution in [3.05, 3.63) is 65.7 Å². The molecule has 0 unspecified atom stereocenters. The molecule has 0 aliphatic carbocycles. The molecule has 0 saturated carbocycles. The second-order valence-corrected chi connectivity index (χ2v) is 5.76. The summed E-state index contributed by atoms with van der Waals surface area (Å²) >= 11 is 0. The first-order chi connectivity index (χ1) is 11.1. The number of carbonyl (C=O) groups is 1. The van der Waals surface area contributed by atoms with Crippen LogP contribution in [0.1, 0.15) is 37.4 Å². The van der Waals surface area contributed by atoms with Gasteiger partial charge in [0, 0.05) is 19.1 Å². The Morgan fingerprint density at radius 2 is 1.87 bits per heavy atom. The van der Waals surface area contributed by atoms with Gasteiger partial charge in [-0.1, -0.05) is 42.5 Å². The molecule has 2 aromatic rings. The van der Waals surface area contributed by atoms with E-state index in [1.165, 1.54) is 0 Å². The second-order valence-electron chi connectivity index (χ2n) is 5.76. The summed E-state index contributed by atoms with van der Waals surface area (Å²) in [7, 11) is 0. The van der Waals surface area contributed by atoms with Crippen molar-refractivity contribution in [3.63, 3.8) is 0 Å². The van der Waals surface area contributed by atoms with Gasteiger partial charge in [-0.2, -0.15) is 5.10 Å². The van der Waals surface area contributed by atoms with E-state index in [9.17, 15) is 4.79 Å². The summed E-state index contributed by atoms with van der Waals surface area (Å²) in [6.07, 6.45) is 0.782.